The van der Waals surface area contributed by atoms with E-state index in [1.165, 1.54) is 16.7 Å². The normalized spacial score (nSPS) is 17.5. The molecule has 2 aromatic rings. The maximum absolute atomic E-state index is 12.7. The van der Waals surface area contributed by atoms with Crippen LogP contribution in [0.15, 0.2) is 36.4 Å². The molecule has 0 aliphatic carbocycles. The van der Waals surface area contributed by atoms with Crippen molar-refractivity contribution in [1.29, 1.82) is 0 Å². The van der Waals surface area contributed by atoms with E-state index in [9.17, 15) is 9.00 Å². The van der Waals surface area contributed by atoms with Crippen molar-refractivity contribution in [3.8, 4) is 5.75 Å². The van der Waals surface area contributed by atoms with Gasteiger partial charge in [-0.2, -0.15) is 0 Å². The van der Waals surface area contributed by atoms with Crippen molar-refractivity contribution in [3.63, 3.8) is 0 Å². The smallest absolute Gasteiger partial charge is 0.312 e. The van der Waals surface area contributed by atoms with Crippen molar-refractivity contribution < 1.29 is 18.5 Å². The van der Waals surface area contributed by atoms with Gasteiger partial charge in [0, 0.05) is 26.7 Å². The van der Waals surface area contributed by atoms with Gasteiger partial charge in [0.25, 0.3) is 0 Å². The van der Waals surface area contributed by atoms with E-state index in [2.05, 4.69) is 58.0 Å². The van der Waals surface area contributed by atoms with E-state index in [1.807, 2.05) is 26.8 Å². The third-order valence-corrected chi connectivity index (χ3v) is 9.22. The van der Waals surface area contributed by atoms with Crippen LogP contribution in [0, 0.1) is 19.8 Å². The van der Waals surface area contributed by atoms with Gasteiger partial charge in [0.1, 0.15) is 12.4 Å². The SMILES string of the molecule is CCC(CC)(c1ccc(C[S@](=O)C(C)(C)C)c(C)c1)c1ccc(OCC2CCOC2=O)c(C)c1. The van der Waals surface area contributed by atoms with E-state index >= 15 is 0 Å². The molecule has 1 aliphatic heterocycles. The summed E-state index contributed by atoms with van der Waals surface area (Å²) < 4.78 is 23.5. The monoisotopic (exact) mass is 484 g/mol. The molecule has 0 N–H and O–H groups in total. The van der Waals surface area contributed by atoms with Gasteiger partial charge in [-0.25, -0.2) is 0 Å². The maximum Gasteiger partial charge on any atom is 0.312 e. The molecule has 34 heavy (non-hydrogen) atoms. The largest absolute Gasteiger partial charge is 0.492 e. The highest BCUT2D eigenvalue weighted by Crippen LogP contribution is 2.41. The van der Waals surface area contributed by atoms with Crippen LogP contribution in [0.25, 0.3) is 0 Å². The molecule has 0 aromatic heterocycles. The number of esters is 1. The van der Waals surface area contributed by atoms with E-state index in [-0.39, 0.29) is 22.0 Å². The first-order chi connectivity index (χ1) is 16.0. The number of hydrogen-bond donors (Lipinski definition) is 0. The van der Waals surface area contributed by atoms with Crippen LogP contribution >= 0.6 is 0 Å². The average molecular weight is 485 g/mol. The second-order valence-electron chi connectivity index (χ2n) is 10.5. The fourth-order valence-electron chi connectivity index (χ4n) is 4.73. The molecule has 2 aromatic carbocycles. The predicted molar refractivity (Wildman–Crippen MR) is 140 cm³/mol. The molecule has 4 nitrogen and oxygen atoms in total. The second kappa shape index (κ2) is 10.6. The van der Waals surface area contributed by atoms with Gasteiger partial charge in [-0.3, -0.25) is 9.00 Å². The van der Waals surface area contributed by atoms with Crippen LogP contribution in [-0.4, -0.2) is 28.1 Å². The summed E-state index contributed by atoms with van der Waals surface area (Å²) >= 11 is 0. The van der Waals surface area contributed by atoms with E-state index in [1.54, 1.807) is 0 Å². The third kappa shape index (κ3) is 5.56. The fraction of sp³-hybridized carbons (Fsp3) is 0.552. The van der Waals surface area contributed by atoms with Gasteiger partial charge >= 0.3 is 5.97 Å². The molecular weight excluding hydrogens is 444 g/mol. The lowest BCUT2D eigenvalue weighted by atomic mass is 9.70. The van der Waals surface area contributed by atoms with Gasteiger partial charge in [-0.05, 0) is 87.8 Å². The first-order valence-corrected chi connectivity index (χ1v) is 13.7. The molecule has 2 atom stereocenters. The van der Waals surface area contributed by atoms with Crippen molar-refractivity contribution in [2.75, 3.05) is 13.2 Å². The highest BCUT2D eigenvalue weighted by Gasteiger charge is 2.32. The van der Waals surface area contributed by atoms with Crippen LogP contribution in [0.1, 0.15) is 81.7 Å². The molecule has 3 rings (SSSR count). The Morgan fingerprint density at radius 3 is 2.12 bits per heavy atom. The van der Waals surface area contributed by atoms with Crippen molar-refractivity contribution in [3.05, 3.63) is 64.2 Å². The van der Waals surface area contributed by atoms with E-state index in [4.69, 9.17) is 9.47 Å². The van der Waals surface area contributed by atoms with Gasteiger partial charge in [0.05, 0.1) is 12.5 Å². The summed E-state index contributed by atoms with van der Waals surface area (Å²) in [5.74, 6) is 1.08. The summed E-state index contributed by atoms with van der Waals surface area (Å²) in [6, 6.07) is 13.1. The molecule has 0 radical (unpaired) electrons. The van der Waals surface area contributed by atoms with E-state index in [0.717, 1.165) is 36.1 Å². The Bertz CT molecular complexity index is 1050. The molecule has 1 saturated heterocycles. The van der Waals surface area contributed by atoms with Crippen molar-refractivity contribution in [1.82, 2.24) is 0 Å². The predicted octanol–water partition coefficient (Wildman–Crippen LogP) is 6.40. The molecule has 0 bridgehead atoms. The molecular formula is C29H40O4S. The zero-order chi connectivity index (χ0) is 25.1. The van der Waals surface area contributed by atoms with Gasteiger partial charge in [-0.15, -0.1) is 0 Å². The molecule has 0 amide bonds. The highest BCUT2D eigenvalue weighted by atomic mass is 32.2. The molecule has 5 heteroatoms. The standard InChI is InChI=1S/C29H40O4S/c1-8-29(9-2,24-11-10-23(20(3)16-24)19-34(31)28(5,6)7)25-12-13-26(21(4)17-25)33-18-22-14-15-32-27(22)30/h10-13,16-17,22H,8-9,14-15,18-19H2,1-7H3/t22?,34-/m0/s1. The van der Waals surface area contributed by atoms with Crippen LogP contribution in [0.5, 0.6) is 5.75 Å². The van der Waals surface area contributed by atoms with Gasteiger partial charge in [0.15, 0.2) is 0 Å². The number of cyclic esters (lactones) is 1. The summed E-state index contributed by atoms with van der Waals surface area (Å²) in [6.07, 6.45) is 2.68. The first-order valence-electron chi connectivity index (χ1n) is 12.4. The Labute approximate surface area is 207 Å². The summed E-state index contributed by atoms with van der Waals surface area (Å²) in [5.41, 5.74) is 5.88. The molecule has 186 valence electrons. The number of rotatable bonds is 9. The van der Waals surface area contributed by atoms with Crippen molar-refractivity contribution in [2.24, 2.45) is 5.92 Å². The summed E-state index contributed by atoms with van der Waals surface area (Å²) in [4.78, 5) is 11.7. The Balaban J connectivity index is 1.86. The van der Waals surface area contributed by atoms with Crippen molar-refractivity contribution >= 4 is 16.8 Å². The van der Waals surface area contributed by atoms with Crippen LogP contribution in [0.4, 0.5) is 0 Å². The van der Waals surface area contributed by atoms with Crippen LogP contribution in [0.2, 0.25) is 0 Å². The lowest BCUT2D eigenvalue weighted by Gasteiger charge is -2.34. The zero-order valence-electron chi connectivity index (χ0n) is 21.8. The minimum atomic E-state index is -0.920. The third-order valence-electron chi connectivity index (χ3n) is 7.28. The topological polar surface area (TPSA) is 52.6 Å². The molecule has 1 aliphatic rings. The summed E-state index contributed by atoms with van der Waals surface area (Å²) in [7, 11) is -0.920. The lowest BCUT2D eigenvalue weighted by molar-refractivity contribution is -0.141. The number of aryl methyl sites for hydroxylation is 2. The Morgan fingerprint density at radius 2 is 1.62 bits per heavy atom. The first kappa shape index (κ1) is 26.5. The van der Waals surface area contributed by atoms with Gasteiger partial charge < -0.3 is 9.47 Å². The Morgan fingerprint density at radius 1 is 1.00 bits per heavy atom. The fourth-order valence-corrected chi connectivity index (χ4v) is 5.77. The lowest BCUT2D eigenvalue weighted by Crippen LogP contribution is -2.27. The summed E-state index contributed by atoms with van der Waals surface area (Å²) in [5, 5.41) is 0. The zero-order valence-corrected chi connectivity index (χ0v) is 22.6. The molecule has 0 spiro atoms. The number of benzene rings is 2. The summed E-state index contributed by atoms with van der Waals surface area (Å²) in [6.45, 7) is 15.6. The highest BCUT2D eigenvalue weighted by molar-refractivity contribution is 7.85. The Kier molecular flexibility index (Phi) is 8.28. The number of carbonyl (C=O) groups excluding carboxylic acids is 1. The van der Waals surface area contributed by atoms with E-state index in [0.29, 0.717) is 19.0 Å². The Hall–Kier alpha value is -2.14. The van der Waals surface area contributed by atoms with Crippen LogP contribution in [-0.2, 0) is 31.5 Å². The number of ether oxygens (including phenoxy) is 2. The number of carbonyl (C=O) groups is 1. The minimum absolute atomic E-state index is 0.106. The second-order valence-corrected chi connectivity index (χ2v) is 12.7. The van der Waals surface area contributed by atoms with Crippen molar-refractivity contribution in [2.45, 2.75) is 83.6 Å². The van der Waals surface area contributed by atoms with E-state index < -0.39 is 10.8 Å². The molecule has 0 saturated carbocycles. The van der Waals surface area contributed by atoms with Crippen LogP contribution in [0.3, 0.4) is 0 Å². The number of hydrogen-bond acceptors (Lipinski definition) is 4. The van der Waals surface area contributed by atoms with Gasteiger partial charge in [-0.1, -0.05) is 44.2 Å². The molecule has 1 fully saturated rings. The molecule has 1 heterocycles. The maximum atomic E-state index is 12.7. The van der Waals surface area contributed by atoms with Gasteiger partial charge in [0.2, 0.25) is 0 Å². The average Bonchev–Trinajstić information content (AvgIpc) is 3.20. The quantitative estimate of drug-likeness (QED) is 0.387. The van der Waals surface area contributed by atoms with Crippen LogP contribution < -0.4 is 4.74 Å². The minimum Gasteiger partial charge on any atom is -0.492 e. The molecule has 1 unspecified atom stereocenters.